The van der Waals surface area contributed by atoms with Crippen LogP contribution in [-0.2, 0) is 11.3 Å². The van der Waals surface area contributed by atoms with Crippen LogP contribution in [0.2, 0.25) is 0 Å². The van der Waals surface area contributed by atoms with E-state index in [0.29, 0.717) is 12.1 Å². The van der Waals surface area contributed by atoms with Crippen LogP contribution in [-0.4, -0.2) is 48.6 Å². The van der Waals surface area contributed by atoms with E-state index in [1.165, 1.54) is 25.5 Å². The molecule has 1 aromatic rings. The second-order valence-corrected chi connectivity index (χ2v) is 6.71. The van der Waals surface area contributed by atoms with E-state index in [4.69, 9.17) is 0 Å². The molecule has 2 saturated heterocycles. The van der Waals surface area contributed by atoms with E-state index in [-0.39, 0.29) is 24.5 Å². The predicted molar refractivity (Wildman–Crippen MR) is 92.4 cm³/mol. The molecule has 6 nitrogen and oxygen atoms in total. The number of hydrogen-bond acceptors (Lipinski definition) is 3. The fourth-order valence-electron chi connectivity index (χ4n) is 3.97. The van der Waals surface area contributed by atoms with Gasteiger partial charge in [0.05, 0.1) is 6.54 Å². The second kappa shape index (κ2) is 7.66. The summed E-state index contributed by atoms with van der Waals surface area (Å²) in [4.78, 5) is 25.7. The number of hydrogen-bond donors (Lipinski definition) is 3. The van der Waals surface area contributed by atoms with Gasteiger partial charge in [0.15, 0.2) is 0 Å². The van der Waals surface area contributed by atoms with Crippen LogP contribution in [0.15, 0.2) is 30.3 Å². The molecular formula is C18H26N4O2. The molecule has 3 N–H and O–H groups in total. The van der Waals surface area contributed by atoms with Gasteiger partial charge < -0.3 is 16.0 Å². The Labute approximate surface area is 143 Å². The van der Waals surface area contributed by atoms with Gasteiger partial charge in [-0.1, -0.05) is 30.3 Å². The molecule has 0 spiro atoms. The van der Waals surface area contributed by atoms with E-state index in [1.807, 2.05) is 6.07 Å². The first-order valence-electron chi connectivity index (χ1n) is 8.70. The standard InChI is InChI=1S/C18H26N4O2/c1-19-18(24)20-11-17(23)21-14-9-15-7-8-16(10-14)22(15)12-13-5-3-2-4-6-13/h2-6,14-16H,7-12H2,1H3,(H,21,23)(H2,19,20,24). The van der Waals surface area contributed by atoms with Gasteiger partial charge in [-0.3, -0.25) is 9.69 Å². The number of carbonyl (C=O) groups is 2. The molecule has 2 bridgehead atoms. The molecule has 0 radical (unpaired) electrons. The fraction of sp³-hybridized carbons (Fsp3) is 0.556. The molecule has 2 aliphatic heterocycles. The van der Waals surface area contributed by atoms with Gasteiger partial charge in [0.25, 0.3) is 0 Å². The molecule has 6 heteroatoms. The first-order valence-corrected chi connectivity index (χ1v) is 8.70. The van der Waals surface area contributed by atoms with Crippen LogP contribution < -0.4 is 16.0 Å². The van der Waals surface area contributed by atoms with Crippen molar-refractivity contribution in [2.75, 3.05) is 13.6 Å². The summed E-state index contributed by atoms with van der Waals surface area (Å²) in [6.45, 7) is 1.02. The van der Waals surface area contributed by atoms with Crippen molar-refractivity contribution in [1.29, 1.82) is 0 Å². The Morgan fingerprint density at radius 2 is 1.79 bits per heavy atom. The average molecular weight is 330 g/mol. The van der Waals surface area contributed by atoms with Crippen molar-refractivity contribution in [3.8, 4) is 0 Å². The van der Waals surface area contributed by atoms with Crippen LogP contribution >= 0.6 is 0 Å². The van der Waals surface area contributed by atoms with Gasteiger partial charge in [-0.2, -0.15) is 0 Å². The number of carbonyl (C=O) groups excluding carboxylic acids is 2. The van der Waals surface area contributed by atoms with Crippen molar-refractivity contribution in [1.82, 2.24) is 20.9 Å². The number of benzene rings is 1. The van der Waals surface area contributed by atoms with E-state index >= 15 is 0 Å². The Kier molecular flexibility index (Phi) is 5.35. The maximum atomic E-state index is 12.0. The molecule has 3 amide bonds. The third-order valence-corrected chi connectivity index (χ3v) is 5.09. The van der Waals surface area contributed by atoms with E-state index in [0.717, 1.165) is 19.4 Å². The minimum absolute atomic E-state index is 0.0270. The molecule has 2 unspecified atom stereocenters. The lowest BCUT2D eigenvalue weighted by atomic mass is 9.96. The SMILES string of the molecule is CNC(=O)NCC(=O)NC1CC2CCC(C1)N2Cc1ccccc1. The number of urea groups is 1. The highest BCUT2D eigenvalue weighted by atomic mass is 16.2. The van der Waals surface area contributed by atoms with Gasteiger partial charge in [0.2, 0.25) is 5.91 Å². The van der Waals surface area contributed by atoms with Crippen molar-refractivity contribution in [2.45, 2.75) is 50.4 Å². The number of amides is 3. The highest BCUT2D eigenvalue weighted by molar-refractivity contribution is 5.83. The van der Waals surface area contributed by atoms with Gasteiger partial charge in [-0.25, -0.2) is 4.79 Å². The molecule has 0 aliphatic carbocycles. The summed E-state index contributed by atoms with van der Waals surface area (Å²) in [5, 5.41) is 8.04. The zero-order valence-corrected chi connectivity index (χ0v) is 14.1. The molecule has 2 aliphatic rings. The summed E-state index contributed by atoms with van der Waals surface area (Å²) in [6.07, 6.45) is 4.41. The number of nitrogens with zero attached hydrogens (tertiary/aromatic N) is 1. The Morgan fingerprint density at radius 1 is 1.12 bits per heavy atom. The lowest BCUT2D eigenvalue weighted by Crippen LogP contribution is -2.51. The van der Waals surface area contributed by atoms with Crippen LogP contribution in [0.25, 0.3) is 0 Å². The molecule has 0 saturated carbocycles. The van der Waals surface area contributed by atoms with Crippen molar-refractivity contribution in [2.24, 2.45) is 0 Å². The topological polar surface area (TPSA) is 73.5 Å². The van der Waals surface area contributed by atoms with Crippen molar-refractivity contribution >= 4 is 11.9 Å². The fourth-order valence-corrected chi connectivity index (χ4v) is 3.97. The number of piperidine rings is 1. The van der Waals surface area contributed by atoms with Gasteiger partial charge in [0.1, 0.15) is 0 Å². The Bertz CT molecular complexity index is 564. The monoisotopic (exact) mass is 330 g/mol. The largest absolute Gasteiger partial charge is 0.352 e. The summed E-state index contributed by atoms with van der Waals surface area (Å²) in [6, 6.07) is 11.5. The molecular weight excluding hydrogens is 304 g/mol. The minimum Gasteiger partial charge on any atom is -0.352 e. The van der Waals surface area contributed by atoms with Gasteiger partial charge >= 0.3 is 6.03 Å². The maximum absolute atomic E-state index is 12.0. The Morgan fingerprint density at radius 3 is 2.42 bits per heavy atom. The first-order chi connectivity index (χ1) is 11.7. The van der Waals surface area contributed by atoms with Crippen molar-refractivity contribution in [3.05, 3.63) is 35.9 Å². The van der Waals surface area contributed by atoms with E-state index in [2.05, 4.69) is 45.1 Å². The quantitative estimate of drug-likeness (QED) is 0.760. The molecule has 24 heavy (non-hydrogen) atoms. The molecule has 1 aromatic carbocycles. The summed E-state index contributed by atoms with van der Waals surface area (Å²) >= 11 is 0. The van der Waals surface area contributed by atoms with Crippen LogP contribution in [0, 0.1) is 0 Å². The predicted octanol–water partition coefficient (Wildman–Crippen LogP) is 1.23. The second-order valence-electron chi connectivity index (χ2n) is 6.71. The van der Waals surface area contributed by atoms with Gasteiger partial charge in [-0.05, 0) is 31.2 Å². The van der Waals surface area contributed by atoms with Crippen LogP contribution in [0.5, 0.6) is 0 Å². The zero-order valence-electron chi connectivity index (χ0n) is 14.1. The smallest absolute Gasteiger partial charge is 0.314 e. The minimum atomic E-state index is -0.331. The molecule has 0 aromatic heterocycles. The highest BCUT2D eigenvalue weighted by Crippen LogP contribution is 2.36. The summed E-state index contributed by atoms with van der Waals surface area (Å²) < 4.78 is 0. The van der Waals surface area contributed by atoms with Crippen LogP contribution in [0.3, 0.4) is 0 Å². The molecule has 2 atom stereocenters. The Hall–Kier alpha value is -2.08. The molecule has 130 valence electrons. The molecule has 2 fully saturated rings. The number of nitrogens with one attached hydrogen (secondary N) is 3. The van der Waals surface area contributed by atoms with Gasteiger partial charge in [-0.15, -0.1) is 0 Å². The lowest BCUT2D eigenvalue weighted by Gasteiger charge is -2.39. The van der Waals surface area contributed by atoms with Crippen LogP contribution in [0.1, 0.15) is 31.2 Å². The third kappa shape index (κ3) is 4.06. The zero-order chi connectivity index (χ0) is 16.9. The van der Waals surface area contributed by atoms with E-state index in [9.17, 15) is 9.59 Å². The van der Waals surface area contributed by atoms with E-state index < -0.39 is 0 Å². The van der Waals surface area contributed by atoms with E-state index in [1.54, 1.807) is 0 Å². The first kappa shape index (κ1) is 16.8. The summed E-state index contributed by atoms with van der Waals surface area (Å²) in [5.41, 5.74) is 1.35. The number of fused-ring (bicyclic) bond motifs is 2. The average Bonchev–Trinajstić information content (AvgIpc) is 2.82. The lowest BCUT2D eigenvalue weighted by molar-refractivity contribution is -0.121. The molecule has 2 heterocycles. The summed E-state index contributed by atoms with van der Waals surface area (Å²) in [7, 11) is 1.54. The van der Waals surface area contributed by atoms with Crippen molar-refractivity contribution in [3.63, 3.8) is 0 Å². The maximum Gasteiger partial charge on any atom is 0.314 e. The molecule has 3 rings (SSSR count). The number of rotatable bonds is 5. The summed E-state index contributed by atoms with van der Waals surface area (Å²) in [5.74, 6) is -0.112. The Balaban J connectivity index is 1.50. The van der Waals surface area contributed by atoms with Gasteiger partial charge in [0, 0.05) is 31.7 Å². The van der Waals surface area contributed by atoms with Crippen LogP contribution in [0.4, 0.5) is 4.79 Å². The third-order valence-electron chi connectivity index (χ3n) is 5.09. The normalized spacial score (nSPS) is 26.0. The highest BCUT2D eigenvalue weighted by Gasteiger charge is 2.40. The van der Waals surface area contributed by atoms with Crippen molar-refractivity contribution < 1.29 is 9.59 Å².